The Morgan fingerprint density at radius 1 is 1.65 bits per heavy atom. The highest BCUT2D eigenvalue weighted by Crippen LogP contribution is 2.35. The molecule has 3 unspecified atom stereocenters. The van der Waals surface area contributed by atoms with Crippen molar-refractivity contribution in [1.29, 1.82) is 5.26 Å². The van der Waals surface area contributed by atoms with Crippen LogP contribution in [0.4, 0.5) is 0 Å². The van der Waals surface area contributed by atoms with Crippen LogP contribution in [-0.2, 0) is 0 Å². The number of rotatable bonds is 6. The van der Waals surface area contributed by atoms with Gasteiger partial charge in [-0.2, -0.15) is 17.0 Å². The molecule has 0 aromatic rings. The monoisotopic (exact) mass is 256 g/mol. The van der Waals surface area contributed by atoms with Crippen LogP contribution in [0.5, 0.6) is 0 Å². The third-order valence-corrected chi connectivity index (χ3v) is 5.00. The molecular weight excluding hydrogens is 232 g/mol. The second-order valence-electron chi connectivity index (χ2n) is 5.06. The first kappa shape index (κ1) is 14.8. The van der Waals surface area contributed by atoms with Crippen molar-refractivity contribution in [2.24, 2.45) is 5.92 Å². The largest absolute Gasteiger partial charge is 0.396 e. The van der Waals surface area contributed by atoms with Gasteiger partial charge in [0.1, 0.15) is 5.54 Å². The topological polar surface area (TPSA) is 56.0 Å². The van der Waals surface area contributed by atoms with Crippen molar-refractivity contribution in [3.63, 3.8) is 0 Å². The predicted molar refractivity (Wildman–Crippen MR) is 73.0 cm³/mol. The maximum Gasteiger partial charge on any atom is 0.107 e. The Kier molecular flexibility index (Phi) is 6.32. The van der Waals surface area contributed by atoms with Gasteiger partial charge in [0.25, 0.3) is 0 Å². The summed E-state index contributed by atoms with van der Waals surface area (Å²) in [6, 6.07) is 2.48. The number of nitrogens with one attached hydrogen (secondary N) is 1. The molecular formula is C13H24N2OS. The molecule has 98 valence electrons. The lowest BCUT2D eigenvalue weighted by Crippen LogP contribution is -2.48. The average Bonchev–Trinajstić information content (AvgIpc) is 2.36. The van der Waals surface area contributed by atoms with Gasteiger partial charge in [-0.15, -0.1) is 0 Å². The van der Waals surface area contributed by atoms with Crippen LogP contribution in [0.15, 0.2) is 0 Å². The van der Waals surface area contributed by atoms with E-state index in [-0.39, 0.29) is 12.1 Å². The molecule has 0 aliphatic heterocycles. The minimum absolute atomic E-state index is 0.260. The number of hydrogen-bond donors (Lipinski definition) is 2. The van der Waals surface area contributed by atoms with Crippen LogP contribution >= 0.6 is 11.8 Å². The zero-order chi connectivity index (χ0) is 12.7. The molecule has 1 aliphatic rings. The lowest BCUT2D eigenvalue weighted by molar-refractivity contribution is 0.250. The molecule has 0 aromatic heterocycles. The summed E-state index contributed by atoms with van der Waals surface area (Å²) in [6.45, 7) is 5.25. The first-order valence-electron chi connectivity index (χ1n) is 6.54. The van der Waals surface area contributed by atoms with E-state index in [0.29, 0.717) is 11.2 Å². The van der Waals surface area contributed by atoms with Crippen molar-refractivity contribution in [2.45, 2.75) is 50.3 Å². The Bertz CT molecular complexity index is 263. The maximum absolute atomic E-state index is 9.35. The Hall–Kier alpha value is -0.240. The molecule has 0 saturated heterocycles. The Morgan fingerprint density at radius 3 is 3.00 bits per heavy atom. The third kappa shape index (κ3) is 4.50. The van der Waals surface area contributed by atoms with Gasteiger partial charge >= 0.3 is 0 Å². The normalized spacial score (nSPS) is 30.8. The van der Waals surface area contributed by atoms with Gasteiger partial charge < -0.3 is 5.11 Å². The van der Waals surface area contributed by atoms with Gasteiger partial charge in [-0.25, -0.2) is 0 Å². The van der Waals surface area contributed by atoms with Crippen molar-refractivity contribution in [3.05, 3.63) is 0 Å². The molecule has 0 spiro atoms. The van der Waals surface area contributed by atoms with E-state index < -0.39 is 0 Å². The fourth-order valence-electron chi connectivity index (χ4n) is 2.36. The molecule has 1 saturated carbocycles. The van der Waals surface area contributed by atoms with E-state index in [1.807, 2.05) is 11.8 Å². The second kappa shape index (κ2) is 7.25. The minimum Gasteiger partial charge on any atom is -0.396 e. The molecule has 3 nitrogen and oxygen atoms in total. The highest BCUT2D eigenvalue weighted by Gasteiger charge is 2.35. The van der Waals surface area contributed by atoms with Gasteiger partial charge in [0.05, 0.1) is 6.07 Å². The molecule has 0 radical (unpaired) electrons. The Morgan fingerprint density at radius 2 is 2.41 bits per heavy atom. The molecule has 0 aromatic carbocycles. The number of aliphatic hydroxyl groups is 1. The summed E-state index contributed by atoms with van der Waals surface area (Å²) in [5.74, 6) is 1.35. The minimum atomic E-state index is -0.298. The summed E-state index contributed by atoms with van der Waals surface area (Å²) in [4.78, 5) is 0. The highest BCUT2D eigenvalue weighted by molar-refractivity contribution is 7.99. The van der Waals surface area contributed by atoms with Crippen molar-refractivity contribution >= 4 is 11.8 Å². The van der Waals surface area contributed by atoms with Gasteiger partial charge in [0.15, 0.2) is 0 Å². The van der Waals surface area contributed by atoms with E-state index in [9.17, 15) is 5.26 Å². The fourth-order valence-corrected chi connectivity index (χ4v) is 3.80. The van der Waals surface area contributed by atoms with E-state index in [4.69, 9.17) is 5.11 Å². The SMILES string of the molecule is CCNC1(C#N)CCCC(SCC(C)CO)C1. The Labute approximate surface area is 109 Å². The van der Waals surface area contributed by atoms with E-state index in [1.165, 1.54) is 6.42 Å². The molecule has 0 bridgehead atoms. The van der Waals surface area contributed by atoms with Gasteiger partial charge in [-0.3, -0.25) is 5.32 Å². The van der Waals surface area contributed by atoms with E-state index >= 15 is 0 Å². The number of thioether (sulfide) groups is 1. The molecule has 1 rings (SSSR count). The first-order valence-corrected chi connectivity index (χ1v) is 7.59. The van der Waals surface area contributed by atoms with Gasteiger partial charge in [0, 0.05) is 11.9 Å². The van der Waals surface area contributed by atoms with Crippen LogP contribution in [0.2, 0.25) is 0 Å². The molecule has 4 heteroatoms. The molecule has 3 atom stereocenters. The number of hydrogen-bond acceptors (Lipinski definition) is 4. The van der Waals surface area contributed by atoms with Gasteiger partial charge in [-0.05, 0) is 43.9 Å². The zero-order valence-corrected chi connectivity index (χ0v) is 11.7. The highest BCUT2D eigenvalue weighted by atomic mass is 32.2. The molecule has 0 amide bonds. The van der Waals surface area contributed by atoms with Crippen molar-refractivity contribution < 1.29 is 5.11 Å². The summed E-state index contributed by atoms with van der Waals surface area (Å²) in [7, 11) is 0. The summed E-state index contributed by atoms with van der Waals surface area (Å²) < 4.78 is 0. The van der Waals surface area contributed by atoms with E-state index in [1.54, 1.807) is 0 Å². The quantitative estimate of drug-likeness (QED) is 0.764. The number of nitrogens with zero attached hydrogens (tertiary/aromatic N) is 1. The first-order chi connectivity index (χ1) is 8.15. The van der Waals surface area contributed by atoms with Crippen LogP contribution in [-0.4, -0.2) is 34.8 Å². The van der Waals surface area contributed by atoms with Crippen molar-refractivity contribution in [3.8, 4) is 6.07 Å². The second-order valence-corrected chi connectivity index (χ2v) is 6.40. The van der Waals surface area contributed by atoms with Crippen molar-refractivity contribution in [1.82, 2.24) is 5.32 Å². The predicted octanol–water partition coefficient (Wildman–Crippen LogP) is 2.16. The fraction of sp³-hybridized carbons (Fsp3) is 0.923. The van der Waals surface area contributed by atoms with Crippen LogP contribution in [0.3, 0.4) is 0 Å². The average molecular weight is 256 g/mol. The molecule has 1 aliphatic carbocycles. The van der Waals surface area contributed by atoms with Crippen LogP contribution in [0.25, 0.3) is 0 Å². The van der Waals surface area contributed by atoms with Crippen LogP contribution in [0.1, 0.15) is 39.5 Å². The molecule has 0 heterocycles. The number of aliphatic hydroxyl groups excluding tert-OH is 1. The molecule has 17 heavy (non-hydrogen) atoms. The maximum atomic E-state index is 9.35. The van der Waals surface area contributed by atoms with Crippen LogP contribution < -0.4 is 5.32 Å². The van der Waals surface area contributed by atoms with Crippen LogP contribution in [0, 0.1) is 17.2 Å². The number of nitriles is 1. The Balaban J connectivity index is 2.45. The lowest BCUT2D eigenvalue weighted by Gasteiger charge is -2.36. The summed E-state index contributed by atoms with van der Waals surface area (Å²) in [5, 5.41) is 22.3. The molecule has 2 N–H and O–H groups in total. The van der Waals surface area contributed by atoms with E-state index in [0.717, 1.165) is 31.6 Å². The lowest BCUT2D eigenvalue weighted by atomic mass is 9.82. The third-order valence-electron chi connectivity index (χ3n) is 3.36. The standard InChI is InChI=1S/C13H24N2OS/c1-3-15-13(10-14)6-4-5-12(7-13)17-9-11(2)8-16/h11-12,15-16H,3-9H2,1-2H3. The van der Waals surface area contributed by atoms with Crippen molar-refractivity contribution in [2.75, 3.05) is 18.9 Å². The van der Waals surface area contributed by atoms with Gasteiger partial charge in [-0.1, -0.05) is 13.8 Å². The van der Waals surface area contributed by atoms with E-state index in [2.05, 4.69) is 25.2 Å². The zero-order valence-electron chi connectivity index (χ0n) is 10.9. The summed E-state index contributed by atoms with van der Waals surface area (Å²) in [6.07, 6.45) is 4.26. The van der Waals surface area contributed by atoms with Gasteiger partial charge in [0.2, 0.25) is 0 Å². The summed E-state index contributed by atoms with van der Waals surface area (Å²) >= 11 is 1.92. The molecule has 1 fully saturated rings. The summed E-state index contributed by atoms with van der Waals surface area (Å²) in [5.41, 5.74) is -0.298. The smallest absolute Gasteiger partial charge is 0.107 e.